The lowest BCUT2D eigenvalue weighted by atomic mass is 10.0. The van der Waals surface area contributed by atoms with Gasteiger partial charge in [0.15, 0.2) is 11.8 Å². The van der Waals surface area contributed by atoms with Gasteiger partial charge in [-0.25, -0.2) is 9.59 Å². The van der Waals surface area contributed by atoms with Crippen LogP contribution in [0.15, 0.2) is 54.6 Å². The van der Waals surface area contributed by atoms with E-state index < -0.39 is 36.0 Å². The third-order valence-corrected chi connectivity index (χ3v) is 5.35. The van der Waals surface area contributed by atoms with Gasteiger partial charge in [-0.1, -0.05) is 54.6 Å². The molecule has 3 rings (SSSR count). The smallest absolute Gasteiger partial charge is 0.411 e. The SMILES string of the molecule is CCOC(=O)C(C(=O)[C@H](C)N)N(C(=O)OCc1ccccc1)C1Cc2ccccc2C1. The van der Waals surface area contributed by atoms with Gasteiger partial charge >= 0.3 is 12.1 Å². The average Bonchev–Trinajstić information content (AvgIpc) is 3.19. The van der Waals surface area contributed by atoms with E-state index >= 15 is 0 Å². The third kappa shape index (κ3) is 5.30. The lowest BCUT2D eigenvalue weighted by Gasteiger charge is -2.34. The van der Waals surface area contributed by atoms with Gasteiger partial charge in [0, 0.05) is 6.04 Å². The zero-order valence-corrected chi connectivity index (χ0v) is 17.8. The molecule has 0 aromatic heterocycles. The van der Waals surface area contributed by atoms with Crippen molar-refractivity contribution in [2.45, 2.75) is 51.4 Å². The fraction of sp³-hybridized carbons (Fsp3) is 0.375. The number of ketones is 1. The van der Waals surface area contributed by atoms with Crippen molar-refractivity contribution in [1.82, 2.24) is 4.90 Å². The van der Waals surface area contributed by atoms with E-state index in [-0.39, 0.29) is 13.2 Å². The quantitative estimate of drug-likeness (QED) is 0.517. The Bertz CT molecular complexity index is 904. The first-order chi connectivity index (χ1) is 14.9. The maximum absolute atomic E-state index is 13.2. The minimum Gasteiger partial charge on any atom is -0.464 e. The molecule has 0 saturated carbocycles. The molecule has 0 heterocycles. The Labute approximate surface area is 182 Å². The van der Waals surface area contributed by atoms with Gasteiger partial charge in [-0.05, 0) is 43.4 Å². The molecule has 1 amide bonds. The van der Waals surface area contributed by atoms with Crippen molar-refractivity contribution in [2.24, 2.45) is 5.73 Å². The molecule has 0 saturated heterocycles. The van der Waals surface area contributed by atoms with Crippen LogP contribution in [0.4, 0.5) is 4.79 Å². The van der Waals surface area contributed by atoms with Crippen molar-refractivity contribution in [3.05, 3.63) is 71.3 Å². The van der Waals surface area contributed by atoms with Gasteiger partial charge in [0.25, 0.3) is 0 Å². The molecule has 0 bridgehead atoms. The Balaban J connectivity index is 1.91. The first-order valence-electron chi connectivity index (χ1n) is 10.4. The van der Waals surface area contributed by atoms with E-state index in [0.717, 1.165) is 16.7 Å². The second kappa shape index (κ2) is 10.2. The second-order valence-electron chi connectivity index (χ2n) is 7.62. The van der Waals surface area contributed by atoms with Gasteiger partial charge in [0.1, 0.15) is 6.61 Å². The molecule has 2 N–H and O–H groups in total. The fourth-order valence-electron chi connectivity index (χ4n) is 3.83. The van der Waals surface area contributed by atoms with Crippen LogP contribution < -0.4 is 5.73 Å². The zero-order valence-electron chi connectivity index (χ0n) is 17.8. The van der Waals surface area contributed by atoms with Crippen LogP contribution >= 0.6 is 0 Å². The highest BCUT2D eigenvalue weighted by Crippen LogP contribution is 2.28. The minimum atomic E-state index is -1.46. The molecule has 1 aliphatic carbocycles. The van der Waals surface area contributed by atoms with Crippen molar-refractivity contribution >= 4 is 17.8 Å². The van der Waals surface area contributed by atoms with Crippen LogP contribution in [0.3, 0.4) is 0 Å². The highest BCUT2D eigenvalue weighted by molar-refractivity contribution is 6.07. The molecule has 0 fully saturated rings. The van der Waals surface area contributed by atoms with Gasteiger partial charge < -0.3 is 15.2 Å². The molecule has 0 aliphatic heterocycles. The predicted octanol–water partition coefficient (Wildman–Crippen LogP) is 2.64. The molecule has 7 heteroatoms. The third-order valence-electron chi connectivity index (χ3n) is 5.35. The minimum absolute atomic E-state index is 0.0256. The molecule has 1 aliphatic rings. The van der Waals surface area contributed by atoms with Crippen LogP contribution in [-0.2, 0) is 38.5 Å². The monoisotopic (exact) mass is 424 g/mol. The van der Waals surface area contributed by atoms with E-state index in [1.807, 2.05) is 54.6 Å². The fourth-order valence-corrected chi connectivity index (χ4v) is 3.83. The Morgan fingerprint density at radius 2 is 1.58 bits per heavy atom. The molecule has 2 aromatic carbocycles. The van der Waals surface area contributed by atoms with Crippen molar-refractivity contribution < 1.29 is 23.9 Å². The molecule has 1 unspecified atom stereocenters. The number of carbonyl (C=O) groups is 3. The summed E-state index contributed by atoms with van der Waals surface area (Å²) in [5, 5.41) is 0. The topological polar surface area (TPSA) is 98.9 Å². The lowest BCUT2D eigenvalue weighted by molar-refractivity contribution is -0.154. The van der Waals surface area contributed by atoms with Crippen LogP contribution in [0, 0.1) is 0 Å². The number of nitrogens with zero attached hydrogens (tertiary/aromatic N) is 1. The number of rotatable bonds is 8. The number of carbonyl (C=O) groups excluding carboxylic acids is 3. The molecular weight excluding hydrogens is 396 g/mol. The number of nitrogens with two attached hydrogens (primary N) is 1. The van der Waals surface area contributed by atoms with Crippen LogP contribution in [0.25, 0.3) is 0 Å². The summed E-state index contributed by atoms with van der Waals surface area (Å²) in [6, 6.07) is 14.2. The molecule has 31 heavy (non-hydrogen) atoms. The molecule has 0 radical (unpaired) electrons. The summed E-state index contributed by atoms with van der Waals surface area (Å²) in [4.78, 5) is 40.2. The van der Waals surface area contributed by atoms with Gasteiger partial charge in [-0.3, -0.25) is 9.69 Å². The zero-order chi connectivity index (χ0) is 22.4. The Kier molecular flexibility index (Phi) is 7.41. The van der Waals surface area contributed by atoms with Crippen LogP contribution in [0.2, 0.25) is 0 Å². The summed E-state index contributed by atoms with van der Waals surface area (Å²) < 4.78 is 10.7. The predicted molar refractivity (Wildman–Crippen MR) is 115 cm³/mol. The highest BCUT2D eigenvalue weighted by Gasteiger charge is 2.44. The van der Waals surface area contributed by atoms with Crippen LogP contribution in [-0.4, -0.2) is 47.5 Å². The summed E-state index contributed by atoms with van der Waals surface area (Å²) >= 11 is 0. The summed E-state index contributed by atoms with van der Waals surface area (Å²) in [6.45, 7) is 3.25. The van der Waals surface area contributed by atoms with Gasteiger partial charge in [-0.15, -0.1) is 0 Å². The number of hydrogen-bond acceptors (Lipinski definition) is 6. The van der Waals surface area contributed by atoms with E-state index in [1.165, 1.54) is 11.8 Å². The largest absolute Gasteiger partial charge is 0.464 e. The standard InChI is InChI=1S/C24H28N2O5/c1-3-30-23(28)21(22(27)16(2)25)26(20-13-18-11-7-8-12-19(18)14-20)24(29)31-15-17-9-5-4-6-10-17/h4-12,16,20-21H,3,13-15,25H2,1-2H3/t16-,21?/m0/s1. The van der Waals surface area contributed by atoms with E-state index in [4.69, 9.17) is 15.2 Å². The van der Waals surface area contributed by atoms with Crippen molar-refractivity contribution in [1.29, 1.82) is 0 Å². The number of Topliss-reactive ketones (excluding diaryl/α,β-unsaturated/α-hetero) is 1. The average molecular weight is 424 g/mol. The number of hydrogen-bond donors (Lipinski definition) is 1. The summed E-state index contributed by atoms with van der Waals surface area (Å²) in [7, 11) is 0. The molecule has 2 aromatic rings. The Morgan fingerprint density at radius 3 is 2.13 bits per heavy atom. The molecule has 7 nitrogen and oxygen atoms in total. The number of amides is 1. The highest BCUT2D eigenvalue weighted by atomic mass is 16.6. The number of benzene rings is 2. The van der Waals surface area contributed by atoms with Gasteiger partial charge in [0.05, 0.1) is 12.6 Å². The number of fused-ring (bicyclic) bond motifs is 1. The van der Waals surface area contributed by atoms with E-state index in [1.54, 1.807) is 6.92 Å². The van der Waals surface area contributed by atoms with Crippen LogP contribution in [0.5, 0.6) is 0 Å². The van der Waals surface area contributed by atoms with Crippen molar-refractivity contribution in [2.75, 3.05) is 6.61 Å². The normalized spacial score (nSPS) is 14.9. The summed E-state index contributed by atoms with van der Waals surface area (Å²) in [5.74, 6) is -1.37. The van der Waals surface area contributed by atoms with E-state index in [0.29, 0.717) is 12.8 Å². The number of esters is 1. The molecule has 164 valence electrons. The first kappa shape index (κ1) is 22.5. The summed E-state index contributed by atoms with van der Waals surface area (Å²) in [6.07, 6.45) is 0.283. The Morgan fingerprint density at radius 1 is 1.00 bits per heavy atom. The maximum Gasteiger partial charge on any atom is 0.411 e. The Hall–Kier alpha value is -3.19. The lowest BCUT2D eigenvalue weighted by Crippen LogP contribution is -2.58. The molecule has 0 spiro atoms. The van der Waals surface area contributed by atoms with Gasteiger partial charge in [0.2, 0.25) is 0 Å². The first-order valence-corrected chi connectivity index (χ1v) is 10.4. The molecule has 2 atom stereocenters. The van der Waals surface area contributed by atoms with Crippen LogP contribution in [0.1, 0.15) is 30.5 Å². The van der Waals surface area contributed by atoms with Gasteiger partial charge in [-0.2, -0.15) is 0 Å². The molecular formula is C24H28N2O5. The summed E-state index contributed by atoms with van der Waals surface area (Å²) in [5.41, 5.74) is 8.77. The van der Waals surface area contributed by atoms with Crippen molar-refractivity contribution in [3.8, 4) is 0 Å². The van der Waals surface area contributed by atoms with E-state index in [2.05, 4.69) is 0 Å². The van der Waals surface area contributed by atoms with E-state index in [9.17, 15) is 14.4 Å². The second-order valence-corrected chi connectivity index (χ2v) is 7.62. The maximum atomic E-state index is 13.2. The van der Waals surface area contributed by atoms with Crippen molar-refractivity contribution in [3.63, 3.8) is 0 Å². The number of ether oxygens (including phenoxy) is 2.